The number of rotatable bonds is 3. The molecule has 4 nitrogen and oxygen atoms in total. The minimum absolute atomic E-state index is 0.0473. The van der Waals surface area contributed by atoms with Crippen molar-refractivity contribution in [1.29, 1.82) is 0 Å². The second kappa shape index (κ2) is 7.14. The van der Waals surface area contributed by atoms with Crippen LogP contribution >= 0.6 is 27.5 Å². The van der Waals surface area contributed by atoms with Crippen molar-refractivity contribution in [3.05, 3.63) is 57.8 Å². The summed E-state index contributed by atoms with van der Waals surface area (Å²) >= 11 is 9.52. The summed E-state index contributed by atoms with van der Waals surface area (Å²) in [5, 5.41) is 0.431. The molecule has 2 aromatic rings. The van der Waals surface area contributed by atoms with Gasteiger partial charge in [0.15, 0.2) is 0 Å². The highest BCUT2D eigenvalue weighted by atomic mass is 79.9. The molecule has 0 saturated carbocycles. The van der Waals surface area contributed by atoms with E-state index in [1.165, 1.54) is 21.9 Å². The molecule has 0 aliphatic carbocycles. The highest BCUT2D eigenvalue weighted by Crippen LogP contribution is 2.32. The fraction of sp³-hybridized carbons (Fsp3) is 0.222. The molecule has 25 heavy (non-hydrogen) atoms. The molecule has 1 saturated heterocycles. The second-order valence-corrected chi connectivity index (χ2v) is 7.17. The third-order valence-electron chi connectivity index (χ3n) is 4.22. The van der Waals surface area contributed by atoms with Crippen molar-refractivity contribution in [1.82, 2.24) is 0 Å². The van der Waals surface area contributed by atoms with Gasteiger partial charge >= 0.3 is 0 Å². The highest BCUT2D eigenvalue weighted by Gasteiger charge is 2.37. The lowest BCUT2D eigenvalue weighted by atomic mass is 10.1. The first-order valence-electron chi connectivity index (χ1n) is 7.66. The molecule has 2 aromatic carbocycles. The number of anilines is 2. The summed E-state index contributed by atoms with van der Waals surface area (Å²) in [6.07, 6.45) is 0.0473. The molecule has 1 aliphatic heterocycles. The van der Waals surface area contributed by atoms with Crippen LogP contribution < -0.4 is 9.80 Å². The van der Waals surface area contributed by atoms with Gasteiger partial charge in [0.05, 0.1) is 22.3 Å². The summed E-state index contributed by atoms with van der Waals surface area (Å²) in [5.41, 5.74) is 0.763. The van der Waals surface area contributed by atoms with Gasteiger partial charge in [-0.15, -0.1) is 0 Å². The summed E-state index contributed by atoms with van der Waals surface area (Å²) in [6, 6.07) is 11.3. The van der Waals surface area contributed by atoms with E-state index in [9.17, 15) is 14.0 Å². The predicted molar refractivity (Wildman–Crippen MR) is 99.4 cm³/mol. The Hall–Kier alpha value is -1.92. The van der Waals surface area contributed by atoms with E-state index in [-0.39, 0.29) is 30.5 Å². The van der Waals surface area contributed by atoms with Gasteiger partial charge in [-0.2, -0.15) is 0 Å². The van der Waals surface area contributed by atoms with Gasteiger partial charge in [-0.3, -0.25) is 9.59 Å². The van der Waals surface area contributed by atoms with Crippen molar-refractivity contribution >= 4 is 50.7 Å². The summed E-state index contributed by atoms with van der Waals surface area (Å²) in [5.74, 6) is -1.51. The van der Waals surface area contributed by atoms with Crippen molar-refractivity contribution in [3.8, 4) is 0 Å². The van der Waals surface area contributed by atoms with Crippen LogP contribution in [0, 0.1) is 11.7 Å². The average molecular weight is 426 g/mol. The number of hydrogen-bond acceptors (Lipinski definition) is 2. The summed E-state index contributed by atoms with van der Waals surface area (Å²) in [7, 11) is 1.62. The summed E-state index contributed by atoms with van der Waals surface area (Å²) in [4.78, 5) is 27.8. The maximum absolute atomic E-state index is 13.9. The van der Waals surface area contributed by atoms with Crippen LogP contribution in [0.15, 0.2) is 46.9 Å². The number of amides is 2. The van der Waals surface area contributed by atoms with Gasteiger partial charge in [0.25, 0.3) is 0 Å². The third-order valence-corrected chi connectivity index (χ3v) is 5.02. The van der Waals surface area contributed by atoms with E-state index in [0.717, 1.165) is 4.47 Å². The molecule has 2 amide bonds. The molecule has 7 heteroatoms. The van der Waals surface area contributed by atoms with E-state index in [4.69, 9.17) is 11.6 Å². The first-order valence-corrected chi connectivity index (χ1v) is 8.83. The number of para-hydroxylation sites is 1. The zero-order chi connectivity index (χ0) is 18.1. The maximum atomic E-state index is 13.9. The fourth-order valence-corrected chi connectivity index (χ4v) is 3.72. The average Bonchev–Trinajstić information content (AvgIpc) is 2.95. The minimum Gasteiger partial charge on any atom is -0.314 e. The zero-order valence-electron chi connectivity index (χ0n) is 13.4. The smallest absolute Gasteiger partial charge is 0.232 e. The van der Waals surface area contributed by atoms with Crippen LogP contribution in [0.2, 0.25) is 5.02 Å². The molecule has 0 N–H and O–H groups in total. The van der Waals surface area contributed by atoms with Gasteiger partial charge in [-0.05, 0) is 30.3 Å². The van der Waals surface area contributed by atoms with E-state index < -0.39 is 11.7 Å². The number of halogens is 3. The first-order chi connectivity index (χ1) is 11.9. The van der Waals surface area contributed by atoms with Crippen LogP contribution in [-0.2, 0) is 9.59 Å². The molecule has 0 radical (unpaired) electrons. The Morgan fingerprint density at radius 3 is 2.72 bits per heavy atom. The van der Waals surface area contributed by atoms with Crippen molar-refractivity contribution < 1.29 is 14.0 Å². The fourth-order valence-electron chi connectivity index (χ4n) is 2.92. The highest BCUT2D eigenvalue weighted by molar-refractivity contribution is 9.10. The standard InChI is InChI=1S/C18H15BrClFN2O2/c1-22(15-7-6-12(19)9-13(15)20)18(25)11-8-17(24)23(10-11)16-5-3-2-4-14(16)21/h2-7,9,11H,8,10H2,1H3. The molecule has 1 aliphatic rings. The van der Waals surface area contributed by atoms with Crippen molar-refractivity contribution in [2.75, 3.05) is 23.4 Å². The monoisotopic (exact) mass is 424 g/mol. The quantitative estimate of drug-likeness (QED) is 0.737. The maximum Gasteiger partial charge on any atom is 0.232 e. The van der Waals surface area contributed by atoms with Crippen LogP contribution in [0.5, 0.6) is 0 Å². The topological polar surface area (TPSA) is 40.6 Å². The predicted octanol–water partition coefficient (Wildman–Crippen LogP) is 4.26. The molecular weight excluding hydrogens is 411 g/mol. The van der Waals surface area contributed by atoms with Crippen LogP contribution in [0.25, 0.3) is 0 Å². The Morgan fingerprint density at radius 1 is 1.32 bits per heavy atom. The molecule has 1 fully saturated rings. The normalized spacial score (nSPS) is 17.0. The molecule has 0 aromatic heterocycles. The zero-order valence-corrected chi connectivity index (χ0v) is 15.7. The molecule has 0 spiro atoms. The number of benzene rings is 2. The van der Waals surface area contributed by atoms with E-state index in [1.54, 1.807) is 37.4 Å². The summed E-state index contributed by atoms with van der Waals surface area (Å²) < 4.78 is 14.8. The first kappa shape index (κ1) is 17.9. The Balaban J connectivity index is 1.80. The van der Waals surface area contributed by atoms with Crippen molar-refractivity contribution in [2.45, 2.75) is 6.42 Å². The lowest BCUT2D eigenvalue weighted by Crippen LogP contribution is -2.35. The Morgan fingerprint density at radius 2 is 2.04 bits per heavy atom. The number of hydrogen-bond donors (Lipinski definition) is 0. The van der Waals surface area contributed by atoms with Crippen LogP contribution in [-0.4, -0.2) is 25.4 Å². The Labute approximate surface area is 158 Å². The molecule has 1 atom stereocenters. The van der Waals surface area contributed by atoms with E-state index >= 15 is 0 Å². The Kier molecular flexibility index (Phi) is 5.11. The minimum atomic E-state index is -0.545. The number of carbonyl (C=O) groups is 2. The molecule has 3 rings (SSSR count). The van der Waals surface area contributed by atoms with Gasteiger partial charge in [0.1, 0.15) is 5.82 Å². The van der Waals surface area contributed by atoms with Crippen LogP contribution in [0.1, 0.15) is 6.42 Å². The van der Waals surface area contributed by atoms with Crippen molar-refractivity contribution in [3.63, 3.8) is 0 Å². The van der Waals surface area contributed by atoms with E-state index in [1.807, 2.05) is 0 Å². The van der Waals surface area contributed by atoms with Gasteiger partial charge < -0.3 is 9.80 Å². The number of carbonyl (C=O) groups excluding carboxylic acids is 2. The lowest BCUT2D eigenvalue weighted by Gasteiger charge is -2.22. The van der Waals surface area contributed by atoms with Gasteiger partial charge in [0.2, 0.25) is 11.8 Å². The molecule has 1 unspecified atom stereocenters. The Bertz CT molecular complexity index is 846. The molecule has 0 bridgehead atoms. The largest absolute Gasteiger partial charge is 0.314 e. The molecule has 130 valence electrons. The number of nitrogens with zero attached hydrogens (tertiary/aromatic N) is 2. The van der Waals surface area contributed by atoms with E-state index in [2.05, 4.69) is 15.9 Å². The van der Waals surface area contributed by atoms with Gasteiger partial charge in [-0.1, -0.05) is 39.7 Å². The van der Waals surface area contributed by atoms with Gasteiger partial charge in [-0.25, -0.2) is 4.39 Å². The molecule has 1 heterocycles. The second-order valence-electron chi connectivity index (χ2n) is 5.85. The summed E-state index contributed by atoms with van der Waals surface area (Å²) in [6.45, 7) is 0.150. The third kappa shape index (κ3) is 3.55. The van der Waals surface area contributed by atoms with Crippen LogP contribution in [0.3, 0.4) is 0 Å². The lowest BCUT2D eigenvalue weighted by molar-refractivity contribution is -0.124. The van der Waals surface area contributed by atoms with Gasteiger partial charge in [0, 0.05) is 24.5 Å². The van der Waals surface area contributed by atoms with Crippen LogP contribution in [0.4, 0.5) is 15.8 Å². The SMILES string of the molecule is CN(C(=O)C1CC(=O)N(c2ccccc2F)C1)c1ccc(Br)cc1Cl. The molecular formula is C18H15BrClFN2O2. The van der Waals surface area contributed by atoms with Crippen molar-refractivity contribution in [2.24, 2.45) is 5.92 Å². The van der Waals surface area contributed by atoms with E-state index in [0.29, 0.717) is 10.7 Å².